The van der Waals surface area contributed by atoms with Gasteiger partial charge in [-0.25, -0.2) is 8.78 Å². The molecule has 1 aromatic heterocycles. The Morgan fingerprint density at radius 1 is 1.22 bits per heavy atom. The van der Waals surface area contributed by atoms with Crippen molar-refractivity contribution in [2.75, 3.05) is 11.9 Å². The summed E-state index contributed by atoms with van der Waals surface area (Å²) in [6, 6.07) is 3.88. The number of hydrogen-bond donors (Lipinski definition) is 2. The SMILES string of the molecule is NCCc1nnc(NCc2ccc(F)c(F)c2)o1. The Morgan fingerprint density at radius 2 is 2.06 bits per heavy atom. The number of anilines is 1. The summed E-state index contributed by atoms with van der Waals surface area (Å²) in [6.45, 7) is 0.687. The van der Waals surface area contributed by atoms with Crippen molar-refractivity contribution in [3.8, 4) is 0 Å². The summed E-state index contributed by atoms with van der Waals surface area (Å²) in [6.07, 6.45) is 0.500. The molecule has 1 aromatic carbocycles. The zero-order valence-electron chi connectivity index (χ0n) is 9.49. The third kappa shape index (κ3) is 3.01. The van der Waals surface area contributed by atoms with Crippen LogP contribution >= 0.6 is 0 Å². The van der Waals surface area contributed by atoms with E-state index in [1.54, 1.807) is 0 Å². The first-order valence-corrected chi connectivity index (χ1v) is 5.39. The standard InChI is InChI=1S/C11H12F2N4O/c12-8-2-1-7(5-9(8)13)6-15-11-17-16-10(18-11)3-4-14/h1-2,5H,3-4,6,14H2,(H,15,17). The molecular weight excluding hydrogens is 242 g/mol. The summed E-state index contributed by atoms with van der Waals surface area (Å²) in [7, 11) is 0. The first-order chi connectivity index (χ1) is 8.69. The number of nitrogens with zero attached hydrogens (tertiary/aromatic N) is 2. The molecule has 0 amide bonds. The lowest BCUT2D eigenvalue weighted by atomic mass is 10.2. The van der Waals surface area contributed by atoms with E-state index >= 15 is 0 Å². The van der Waals surface area contributed by atoms with E-state index in [1.165, 1.54) is 6.07 Å². The van der Waals surface area contributed by atoms with Crippen LogP contribution in [0, 0.1) is 11.6 Å². The highest BCUT2D eigenvalue weighted by Gasteiger charge is 2.06. The molecule has 0 unspecified atom stereocenters. The van der Waals surface area contributed by atoms with E-state index in [9.17, 15) is 8.78 Å². The van der Waals surface area contributed by atoms with Crippen molar-refractivity contribution in [1.29, 1.82) is 0 Å². The zero-order chi connectivity index (χ0) is 13.0. The van der Waals surface area contributed by atoms with Gasteiger partial charge in [-0.1, -0.05) is 11.2 Å². The predicted molar refractivity (Wildman–Crippen MR) is 60.7 cm³/mol. The highest BCUT2D eigenvalue weighted by Crippen LogP contribution is 2.11. The number of nitrogens with one attached hydrogen (secondary N) is 1. The molecule has 3 N–H and O–H groups in total. The van der Waals surface area contributed by atoms with Crippen LogP contribution in [0.15, 0.2) is 22.6 Å². The van der Waals surface area contributed by atoms with Gasteiger partial charge in [0.2, 0.25) is 5.89 Å². The van der Waals surface area contributed by atoms with Crippen LogP contribution in [-0.4, -0.2) is 16.7 Å². The van der Waals surface area contributed by atoms with Gasteiger partial charge < -0.3 is 15.5 Å². The van der Waals surface area contributed by atoms with Crippen molar-refractivity contribution >= 4 is 6.01 Å². The molecule has 2 rings (SSSR count). The van der Waals surface area contributed by atoms with Gasteiger partial charge in [0.15, 0.2) is 11.6 Å². The van der Waals surface area contributed by atoms with E-state index in [0.717, 1.165) is 12.1 Å². The number of nitrogens with two attached hydrogens (primary N) is 1. The average Bonchev–Trinajstić information content (AvgIpc) is 2.79. The van der Waals surface area contributed by atoms with Gasteiger partial charge in [0.25, 0.3) is 0 Å². The van der Waals surface area contributed by atoms with Gasteiger partial charge in [0, 0.05) is 19.5 Å². The fraction of sp³-hybridized carbons (Fsp3) is 0.273. The molecule has 1 heterocycles. The van der Waals surface area contributed by atoms with E-state index in [1.807, 2.05) is 0 Å². The normalized spacial score (nSPS) is 10.6. The van der Waals surface area contributed by atoms with Gasteiger partial charge in [-0.15, -0.1) is 5.10 Å². The molecule has 7 heteroatoms. The van der Waals surface area contributed by atoms with Crippen LogP contribution in [0.3, 0.4) is 0 Å². The fourth-order valence-corrected chi connectivity index (χ4v) is 1.38. The zero-order valence-corrected chi connectivity index (χ0v) is 9.49. The number of benzene rings is 1. The summed E-state index contributed by atoms with van der Waals surface area (Å²) >= 11 is 0. The monoisotopic (exact) mass is 254 g/mol. The van der Waals surface area contributed by atoms with Crippen molar-refractivity contribution in [2.45, 2.75) is 13.0 Å². The summed E-state index contributed by atoms with van der Waals surface area (Å²) < 4.78 is 30.9. The molecule has 5 nitrogen and oxygen atoms in total. The van der Waals surface area contributed by atoms with Crippen LogP contribution in [-0.2, 0) is 13.0 Å². The van der Waals surface area contributed by atoms with Crippen molar-refractivity contribution in [3.63, 3.8) is 0 Å². The maximum atomic E-state index is 12.9. The van der Waals surface area contributed by atoms with Gasteiger partial charge in [-0.05, 0) is 17.7 Å². The Labute approximate surface area is 102 Å². The highest BCUT2D eigenvalue weighted by molar-refractivity contribution is 5.24. The minimum absolute atomic E-state index is 0.225. The van der Waals surface area contributed by atoms with E-state index in [0.29, 0.717) is 24.4 Å². The van der Waals surface area contributed by atoms with Gasteiger partial charge >= 0.3 is 6.01 Å². The quantitative estimate of drug-likeness (QED) is 0.844. The Balaban J connectivity index is 1.95. The maximum absolute atomic E-state index is 12.9. The molecule has 0 spiro atoms. The molecular formula is C11H12F2N4O. The van der Waals surface area contributed by atoms with Crippen LogP contribution in [0.1, 0.15) is 11.5 Å². The number of rotatable bonds is 5. The van der Waals surface area contributed by atoms with Gasteiger partial charge in [0.1, 0.15) is 0 Å². The second kappa shape index (κ2) is 5.54. The molecule has 18 heavy (non-hydrogen) atoms. The second-order valence-corrected chi connectivity index (χ2v) is 3.64. The summed E-state index contributed by atoms with van der Waals surface area (Å²) in [5.41, 5.74) is 5.92. The third-order valence-corrected chi connectivity index (χ3v) is 2.25. The molecule has 0 saturated heterocycles. The smallest absolute Gasteiger partial charge is 0.315 e. The molecule has 0 aliphatic heterocycles. The van der Waals surface area contributed by atoms with Crippen molar-refractivity contribution < 1.29 is 13.2 Å². The lowest BCUT2D eigenvalue weighted by Gasteiger charge is -2.02. The Bertz CT molecular complexity index is 530. The minimum atomic E-state index is -0.886. The number of hydrogen-bond acceptors (Lipinski definition) is 5. The first kappa shape index (κ1) is 12.4. The Hall–Kier alpha value is -2.02. The van der Waals surface area contributed by atoms with E-state index in [4.69, 9.17) is 10.2 Å². The summed E-state index contributed by atoms with van der Waals surface area (Å²) in [5, 5.41) is 10.3. The molecule has 0 aliphatic rings. The summed E-state index contributed by atoms with van der Waals surface area (Å²) in [5.74, 6) is -1.32. The topological polar surface area (TPSA) is 77.0 Å². The van der Waals surface area contributed by atoms with Gasteiger partial charge in [-0.3, -0.25) is 0 Å². The van der Waals surface area contributed by atoms with E-state index in [2.05, 4.69) is 15.5 Å². The summed E-state index contributed by atoms with van der Waals surface area (Å²) in [4.78, 5) is 0. The molecule has 0 aliphatic carbocycles. The second-order valence-electron chi connectivity index (χ2n) is 3.64. The Kier molecular flexibility index (Phi) is 3.83. The number of aromatic nitrogens is 2. The van der Waals surface area contributed by atoms with Crippen LogP contribution in [0.4, 0.5) is 14.8 Å². The predicted octanol–water partition coefficient (Wildman–Crippen LogP) is 1.46. The fourth-order valence-electron chi connectivity index (χ4n) is 1.38. The molecule has 0 atom stereocenters. The minimum Gasteiger partial charge on any atom is -0.408 e. The van der Waals surface area contributed by atoms with Crippen LogP contribution < -0.4 is 11.1 Å². The van der Waals surface area contributed by atoms with Gasteiger partial charge in [-0.2, -0.15) is 0 Å². The van der Waals surface area contributed by atoms with Gasteiger partial charge in [0.05, 0.1) is 0 Å². The molecule has 2 aromatic rings. The molecule has 0 radical (unpaired) electrons. The Morgan fingerprint density at radius 3 is 2.78 bits per heavy atom. The molecule has 0 bridgehead atoms. The van der Waals surface area contributed by atoms with Crippen LogP contribution in [0.5, 0.6) is 0 Å². The van der Waals surface area contributed by atoms with E-state index in [-0.39, 0.29) is 12.6 Å². The maximum Gasteiger partial charge on any atom is 0.315 e. The highest BCUT2D eigenvalue weighted by atomic mass is 19.2. The number of halogens is 2. The molecule has 0 saturated carbocycles. The average molecular weight is 254 g/mol. The van der Waals surface area contributed by atoms with Crippen LogP contribution in [0.25, 0.3) is 0 Å². The lowest BCUT2D eigenvalue weighted by Crippen LogP contribution is -2.02. The van der Waals surface area contributed by atoms with Crippen LogP contribution in [0.2, 0.25) is 0 Å². The first-order valence-electron chi connectivity index (χ1n) is 5.39. The van der Waals surface area contributed by atoms with Crippen molar-refractivity contribution in [1.82, 2.24) is 10.2 Å². The largest absolute Gasteiger partial charge is 0.408 e. The van der Waals surface area contributed by atoms with E-state index < -0.39 is 11.6 Å². The van der Waals surface area contributed by atoms with Crippen molar-refractivity contribution in [2.24, 2.45) is 5.73 Å². The van der Waals surface area contributed by atoms with Crippen molar-refractivity contribution in [3.05, 3.63) is 41.3 Å². The third-order valence-electron chi connectivity index (χ3n) is 2.25. The lowest BCUT2D eigenvalue weighted by molar-refractivity contribution is 0.503. The molecule has 96 valence electrons. The molecule has 0 fully saturated rings.